The van der Waals surface area contributed by atoms with E-state index in [2.05, 4.69) is 41.5 Å². The summed E-state index contributed by atoms with van der Waals surface area (Å²) in [5.74, 6) is -0.0408. The van der Waals surface area contributed by atoms with Crippen LogP contribution in [0.2, 0.25) is 0 Å². The van der Waals surface area contributed by atoms with Crippen molar-refractivity contribution in [1.82, 2.24) is 10.3 Å². The van der Waals surface area contributed by atoms with E-state index >= 15 is 0 Å². The van der Waals surface area contributed by atoms with Gasteiger partial charge in [-0.25, -0.2) is 0 Å². The minimum atomic E-state index is -0.0408. The first-order valence-electron chi connectivity index (χ1n) is 8.49. The molecule has 0 saturated heterocycles. The fraction of sp³-hybridized carbons (Fsp3) is 0.182. The number of carbonyl (C=O) groups excluding carboxylic acids is 1. The SMILES string of the molecule is Cc1ccc(CC(C)NC(=O)c2ccc(-c3ccncc3)cc2)cc1. The van der Waals surface area contributed by atoms with Crippen LogP contribution in [-0.4, -0.2) is 16.9 Å². The molecule has 126 valence electrons. The van der Waals surface area contributed by atoms with Gasteiger partial charge in [0.05, 0.1) is 0 Å². The van der Waals surface area contributed by atoms with Crippen molar-refractivity contribution in [2.45, 2.75) is 26.3 Å². The molecule has 0 aliphatic heterocycles. The van der Waals surface area contributed by atoms with Crippen molar-refractivity contribution in [2.75, 3.05) is 0 Å². The molecule has 0 bridgehead atoms. The normalized spacial score (nSPS) is 11.8. The number of benzene rings is 2. The number of carbonyl (C=O) groups is 1. The minimum Gasteiger partial charge on any atom is -0.349 e. The fourth-order valence-corrected chi connectivity index (χ4v) is 2.79. The molecule has 0 aliphatic rings. The smallest absolute Gasteiger partial charge is 0.251 e. The molecule has 3 nitrogen and oxygen atoms in total. The Balaban J connectivity index is 1.61. The number of aryl methyl sites for hydroxylation is 1. The quantitative estimate of drug-likeness (QED) is 0.752. The number of amides is 1. The van der Waals surface area contributed by atoms with Crippen LogP contribution in [0.4, 0.5) is 0 Å². The summed E-state index contributed by atoms with van der Waals surface area (Å²) in [6, 6.07) is 20.1. The van der Waals surface area contributed by atoms with Gasteiger partial charge < -0.3 is 5.32 Å². The molecule has 0 spiro atoms. The summed E-state index contributed by atoms with van der Waals surface area (Å²) in [5, 5.41) is 3.07. The minimum absolute atomic E-state index is 0.0408. The van der Waals surface area contributed by atoms with E-state index in [1.807, 2.05) is 43.3 Å². The lowest BCUT2D eigenvalue weighted by molar-refractivity contribution is 0.0940. The summed E-state index contributed by atoms with van der Waals surface area (Å²) in [6.07, 6.45) is 4.35. The lowest BCUT2D eigenvalue weighted by Crippen LogP contribution is -2.34. The van der Waals surface area contributed by atoms with E-state index in [0.29, 0.717) is 5.56 Å². The van der Waals surface area contributed by atoms with Crippen LogP contribution < -0.4 is 5.32 Å². The Labute approximate surface area is 148 Å². The maximum Gasteiger partial charge on any atom is 0.251 e. The average Bonchev–Trinajstić information content (AvgIpc) is 2.64. The molecular formula is C22H22N2O. The molecule has 3 heteroatoms. The Hall–Kier alpha value is -2.94. The zero-order chi connectivity index (χ0) is 17.6. The van der Waals surface area contributed by atoms with Gasteiger partial charge in [-0.3, -0.25) is 9.78 Å². The van der Waals surface area contributed by atoms with Crippen molar-refractivity contribution in [1.29, 1.82) is 0 Å². The van der Waals surface area contributed by atoms with Gasteiger partial charge in [0, 0.05) is 24.0 Å². The summed E-state index contributed by atoms with van der Waals surface area (Å²) in [6.45, 7) is 4.10. The van der Waals surface area contributed by atoms with Crippen molar-refractivity contribution < 1.29 is 4.79 Å². The highest BCUT2D eigenvalue weighted by atomic mass is 16.1. The highest BCUT2D eigenvalue weighted by molar-refractivity contribution is 5.94. The monoisotopic (exact) mass is 330 g/mol. The molecule has 2 aromatic carbocycles. The topological polar surface area (TPSA) is 42.0 Å². The first kappa shape index (κ1) is 16.9. The first-order valence-corrected chi connectivity index (χ1v) is 8.49. The molecule has 3 aromatic rings. The van der Waals surface area contributed by atoms with Gasteiger partial charge in [-0.15, -0.1) is 0 Å². The van der Waals surface area contributed by atoms with Crippen LogP contribution in [-0.2, 0) is 6.42 Å². The lowest BCUT2D eigenvalue weighted by Gasteiger charge is -2.14. The predicted molar refractivity (Wildman–Crippen MR) is 101 cm³/mol. The molecular weight excluding hydrogens is 308 g/mol. The summed E-state index contributed by atoms with van der Waals surface area (Å²) < 4.78 is 0. The molecule has 1 amide bonds. The van der Waals surface area contributed by atoms with E-state index in [1.165, 1.54) is 11.1 Å². The van der Waals surface area contributed by atoms with Crippen LogP contribution in [0.3, 0.4) is 0 Å². The van der Waals surface area contributed by atoms with Crippen molar-refractivity contribution in [3.05, 3.63) is 89.7 Å². The van der Waals surface area contributed by atoms with E-state index in [-0.39, 0.29) is 11.9 Å². The Kier molecular flexibility index (Phi) is 5.24. The first-order chi connectivity index (χ1) is 12.1. The highest BCUT2D eigenvalue weighted by Crippen LogP contribution is 2.18. The third kappa shape index (κ3) is 4.54. The van der Waals surface area contributed by atoms with Gasteiger partial charge in [-0.05, 0) is 61.2 Å². The second-order valence-corrected chi connectivity index (χ2v) is 6.38. The van der Waals surface area contributed by atoms with Crippen LogP contribution in [0.5, 0.6) is 0 Å². The lowest BCUT2D eigenvalue weighted by atomic mass is 10.0. The van der Waals surface area contributed by atoms with Gasteiger partial charge in [-0.1, -0.05) is 42.0 Å². The number of aromatic nitrogens is 1. The van der Waals surface area contributed by atoms with Crippen LogP contribution in [0, 0.1) is 6.92 Å². The molecule has 0 saturated carbocycles. The van der Waals surface area contributed by atoms with Gasteiger partial charge in [0.15, 0.2) is 0 Å². The molecule has 1 N–H and O–H groups in total. The summed E-state index contributed by atoms with van der Waals surface area (Å²) >= 11 is 0. The van der Waals surface area contributed by atoms with Crippen molar-refractivity contribution >= 4 is 5.91 Å². The summed E-state index contributed by atoms with van der Waals surface area (Å²) in [7, 11) is 0. The van der Waals surface area contributed by atoms with Gasteiger partial charge in [0.25, 0.3) is 5.91 Å². The van der Waals surface area contributed by atoms with E-state index in [0.717, 1.165) is 17.5 Å². The number of nitrogens with zero attached hydrogens (tertiary/aromatic N) is 1. The Morgan fingerprint density at radius 2 is 1.52 bits per heavy atom. The maximum absolute atomic E-state index is 12.4. The van der Waals surface area contributed by atoms with Gasteiger partial charge in [0.1, 0.15) is 0 Å². The third-order valence-electron chi connectivity index (χ3n) is 4.20. The van der Waals surface area contributed by atoms with Gasteiger partial charge in [-0.2, -0.15) is 0 Å². The van der Waals surface area contributed by atoms with E-state index in [9.17, 15) is 4.79 Å². The Bertz CT molecular complexity index is 824. The van der Waals surface area contributed by atoms with Crippen LogP contribution >= 0.6 is 0 Å². The molecule has 0 fully saturated rings. The molecule has 0 aliphatic carbocycles. The van der Waals surface area contributed by atoms with Gasteiger partial charge in [0.2, 0.25) is 0 Å². The van der Waals surface area contributed by atoms with Crippen LogP contribution in [0.1, 0.15) is 28.4 Å². The average molecular weight is 330 g/mol. The fourth-order valence-electron chi connectivity index (χ4n) is 2.79. The molecule has 1 atom stereocenters. The Morgan fingerprint density at radius 3 is 2.16 bits per heavy atom. The van der Waals surface area contributed by atoms with E-state index in [4.69, 9.17) is 0 Å². The zero-order valence-electron chi connectivity index (χ0n) is 14.6. The summed E-state index contributed by atoms with van der Waals surface area (Å²) in [4.78, 5) is 16.5. The highest BCUT2D eigenvalue weighted by Gasteiger charge is 2.10. The number of hydrogen-bond donors (Lipinski definition) is 1. The van der Waals surface area contributed by atoms with Crippen molar-refractivity contribution in [2.24, 2.45) is 0 Å². The molecule has 3 rings (SSSR count). The van der Waals surface area contributed by atoms with E-state index < -0.39 is 0 Å². The number of nitrogens with one attached hydrogen (secondary N) is 1. The number of hydrogen-bond acceptors (Lipinski definition) is 2. The second-order valence-electron chi connectivity index (χ2n) is 6.38. The standard InChI is InChI=1S/C22H22N2O/c1-16-3-5-18(6-4-16)15-17(2)24-22(25)21-9-7-19(8-10-21)20-11-13-23-14-12-20/h3-14,17H,15H2,1-2H3,(H,24,25). The zero-order valence-corrected chi connectivity index (χ0v) is 14.6. The van der Waals surface area contributed by atoms with E-state index in [1.54, 1.807) is 12.4 Å². The molecule has 1 unspecified atom stereocenters. The Morgan fingerprint density at radius 1 is 0.920 bits per heavy atom. The van der Waals surface area contributed by atoms with Crippen LogP contribution in [0.25, 0.3) is 11.1 Å². The van der Waals surface area contributed by atoms with Gasteiger partial charge >= 0.3 is 0 Å². The molecule has 0 radical (unpaired) electrons. The maximum atomic E-state index is 12.4. The number of rotatable bonds is 5. The molecule has 1 aromatic heterocycles. The molecule has 25 heavy (non-hydrogen) atoms. The van der Waals surface area contributed by atoms with Crippen molar-refractivity contribution in [3.63, 3.8) is 0 Å². The second kappa shape index (κ2) is 7.75. The third-order valence-corrected chi connectivity index (χ3v) is 4.20. The van der Waals surface area contributed by atoms with Crippen molar-refractivity contribution in [3.8, 4) is 11.1 Å². The largest absolute Gasteiger partial charge is 0.349 e. The molecule has 1 heterocycles. The predicted octanol–water partition coefficient (Wildman–Crippen LogP) is 4.42. The van der Waals surface area contributed by atoms with Crippen LogP contribution in [0.15, 0.2) is 73.1 Å². The summed E-state index contributed by atoms with van der Waals surface area (Å²) in [5.41, 5.74) is 5.32. The number of pyridine rings is 1.